The molecule has 5 nitrogen and oxygen atoms in total. The number of rotatable bonds is 4. The van der Waals surface area contributed by atoms with E-state index in [4.69, 9.17) is 27.9 Å². The van der Waals surface area contributed by atoms with E-state index in [9.17, 15) is 4.39 Å². The lowest BCUT2D eigenvalue weighted by Gasteiger charge is -2.20. The normalized spacial score (nSPS) is 14.5. The average molecular weight is 485 g/mol. The summed E-state index contributed by atoms with van der Waals surface area (Å²) in [5, 5.41) is 13.2. The Balaban J connectivity index is 1.53. The Hall–Kier alpha value is -2.87. The molecule has 160 valence electrons. The lowest BCUT2D eigenvalue weighted by atomic mass is 10.1. The maximum Gasteiger partial charge on any atom is 0.247 e. The van der Waals surface area contributed by atoms with Crippen molar-refractivity contribution in [2.24, 2.45) is 0 Å². The van der Waals surface area contributed by atoms with Gasteiger partial charge in [-0.25, -0.2) is 4.39 Å². The first-order valence-electron chi connectivity index (χ1n) is 9.67. The summed E-state index contributed by atoms with van der Waals surface area (Å²) in [5.74, 6) is 0.326. The molecule has 0 radical (unpaired) electrons. The molecule has 1 aromatic heterocycles. The van der Waals surface area contributed by atoms with Gasteiger partial charge in [-0.2, -0.15) is 4.98 Å². The molecule has 1 atom stereocenters. The molecule has 0 unspecified atom stereocenters. The fraction of sp³-hybridized carbons (Fsp3) is 0.0870. The van der Waals surface area contributed by atoms with Crippen molar-refractivity contribution in [3.8, 4) is 17.1 Å². The highest BCUT2D eigenvalue weighted by Crippen LogP contribution is 2.41. The Bertz CT molecular complexity index is 1290. The maximum absolute atomic E-state index is 14.7. The molecule has 3 aromatic carbocycles. The molecule has 5 rings (SSSR count). The Morgan fingerprint density at radius 1 is 0.938 bits per heavy atom. The molecule has 0 aliphatic carbocycles. The fourth-order valence-electron chi connectivity index (χ4n) is 3.36. The van der Waals surface area contributed by atoms with E-state index in [1.54, 1.807) is 12.1 Å². The minimum atomic E-state index is -0.899. The Morgan fingerprint density at radius 2 is 1.72 bits per heavy atom. The molecule has 0 fully saturated rings. The van der Waals surface area contributed by atoms with Gasteiger partial charge >= 0.3 is 0 Å². The number of ether oxygens (including phenoxy) is 1. The van der Waals surface area contributed by atoms with Crippen LogP contribution in [0.25, 0.3) is 11.3 Å². The van der Waals surface area contributed by atoms with Crippen molar-refractivity contribution in [1.82, 2.24) is 15.2 Å². The maximum atomic E-state index is 14.7. The van der Waals surface area contributed by atoms with E-state index >= 15 is 0 Å². The quantitative estimate of drug-likeness (QED) is 0.322. The molecule has 0 bridgehead atoms. The molecule has 0 saturated heterocycles. The number of para-hydroxylation sites is 1. The predicted molar refractivity (Wildman–Crippen MR) is 125 cm³/mol. The van der Waals surface area contributed by atoms with Crippen LogP contribution in [0.3, 0.4) is 0 Å². The number of aromatic nitrogens is 3. The van der Waals surface area contributed by atoms with Crippen LogP contribution >= 0.6 is 35.0 Å². The molecule has 1 aliphatic heterocycles. The van der Waals surface area contributed by atoms with E-state index in [1.807, 2.05) is 48.5 Å². The number of halogens is 3. The number of thioether (sulfide) groups is 1. The summed E-state index contributed by atoms with van der Waals surface area (Å²) in [5.41, 5.74) is 3.08. The van der Waals surface area contributed by atoms with Crippen LogP contribution in [0.1, 0.15) is 17.4 Å². The lowest BCUT2D eigenvalue weighted by Crippen LogP contribution is -2.19. The van der Waals surface area contributed by atoms with Gasteiger partial charge in [-0.3, -0.25) is 0 Å². The summed E-state index contributed by atoms with van der Waals surface area (Å²) >= 11 is 13.9. The Morgan fingerprint density at radius 3 is 2.56 bits per heavy atom. The van der Waals surface area contributed by atoms with Crippen LogP contribution in [-0.2, 0) is 5.75 Å². The zero-order valence-electron chi connectivity index (χ0n) is 16.4. The molecule has 1 N–H and O–H groups in total. The molecule has 9 heteroatoms. The van der Waals surface area contributed by atoms with E-state index in [2.05, 4.69) is 20.5 Å². The zero-order chi connectivity index (χ0) is 22.1. The number of fused-ring (bicyclic) bond motifs is 3. The second-order valence-electron chi connectivity index (χ2n) is 6.95. The molecular formula is C23H15Cl2FN4OS. The first-order valence-corrected chi connectivity index (χ1v) is 11.4. The van der Waals surface area contributed by atoms with Crippen LogP contribution in [-0.4, -0.2) is 15.2 Å². The van der Waals surface area contributed by atoms with Gasteiger partial charge in [0.2, 0.25) is 17.3 Å². The third-order valence-corrected chi connectivity index (χ3v) is 6.49. The number of nitrogens with zero attached hydrogens (tertiary/aromatic N) is 3. The van der Waals surface area contributed by atoms with E-state index < -0.39 is 12.0 Å². The van der Waals surface area contributed by atoms with Gasteiger partial charge in [-0.1, -0.05) is 77.4 Å². The third-order valence-electron chi connectivity index (χ3n) is 4.91. The van der Waals surface area contributed by atoms with Gasteiger partial charge in [-0.15, -0.1) is 10.2 Å². The van der Waals surface area contributed by atoms with E-state index in [0.29, 0.717) is 27.3 Å². The lowest BCUT2D eigenvalue weighted by molar-refractivity contribution is 0.220. The first-order chi connectivity index (χ1) is 15.6. The minimum Gasteiger partial charge on any atom is -0.448 e. The van der Waals surface area contributed by atoms with Gasteiger partial charge in [0, 0.05) is 22.0 Å². The first kappa shape index (κ1) is 21.0. The van der Waals surface area contributed by atoms with Crippen molar-refractivity contribution in [2.45, 2.75) is 17.1 Å². The molecule has 4 aromatic rings. The highest BCUT2D eigenvalue weighted by molar-refractivity contribution is 7.98. The van der Waals surface area contributed by atoms with Crippen molar-refractivity contribution in [3.05, 3.63) is 93.7 Å². The Kier molecular flexibility index (Phi) is 5.87. The second-order valence-corrected chi connectivity index (χ2v) is 8.71. The van der Waals surface area contributed by atoms with Gasteiger partial charge in [0.25, 0.3) is 0 Å². The number of anilines is 1. The standard InChI is InChI=1S/C23H15Cl2FN4OS/c24-15-8-3-1-6-13(15)12-32-23-28-22-20(29-30-23)14-7-2-4-11-18(14)27-21(31-22)19-16(25)9-5-10-17(19)26/h1-11,21,27H,12H2/t21-/m1/s1. The van der Waals surface area contributed by atoms with Crippen LogP contribution in [0.4, 0.5) is 10.1 Å². The number of hydrogen-bond acceptors (Lipinski definition) is 6. The van der Waals surface area contributed by atoms with Gasteiger partial charge < -0.3 is 10.1 Å². The van der Waals surface area contributed by atoms with Crippen LogP contribution < -0.4 is 10.1 Å². The summed E-state index contributed by atoms with van der Waals surface area (Å²) < 4.78 is 20.8. The summed E-state index contributed by atoms with van der Waals surface area (Å²) in [6.45, 7) is 0. The predicted octanol–water partition coefficient (Wildman–Crippen LogP) is 6.78. The zero-order valence-corrected chi connectivity index (χ0v) is 18.8. The van der Waals surface area contributed by atoms with Crippen LogP contribution in [0, 0.1) is 5.82 Å². The van der Waals surface area contributed by atoms with Gasteiger partial charge in [0.15, 0.2) is 5.69 Å². The SMILES string of the molecule is Fc1cccc(Cl)c1[C@@H]1Nc2ccccc2-c2nnc(SCc3ccccc3Cl)nc2O1. The van der Waals surface area contributed by atoms with Crippen LogP contribution in [0.15, 0.2) is 71.9 Å². The van der Waals surface area contributed by atoms with Crippen LogP contribution in [0.5, 0.6) is 5.88 Å². The van der Waals surface area contributed by atoms with Gasteiger partial charge in [0.05, 0.1) is 10.6 Å². The summed E-state index contributed by atoms with van der Waals surface area (Å²) in [4.78, 5) is 4.57. The summed E-state index contributed by atoms with van der Waals surface area (Å²) in [6, 6.07) is 19.6. The molecule has 0 saturated carbocycles. The number of hydrogen-bond donors (Lipinski definition) is 1. The molecule has 0 spiro atoms. The van der Waals surface area contributed by atoms with Crippen LogP contribution in [0.2, 0.25) is 10.0 Å². The number of benzene rings is 3. The van der Waals surface area contributed by atoms with Crippen molar-refractivity contribution >= 4 is 40.7 Å². The molecule has 32 heavy (non-hydrogen) atoms. The Labute approximate surface area is 198 Å². The molecular weight excluding hydrogens is 470 g/mol. The average Bonchev–Trinajstić information content (AvgIpc) is 2.95. The molecule has 0 amide bonds. The minimum absolute atomic E-state index is 0.195. The van der Waals surface area contributed by atoms with E-state index in [-0.39, 0.29) is 16.5 Å². The van der Waals surface area contributed by atoms with Gasteiger partial charge in [-0.05, 0) is 29.8 Å². The highest BCUT2D eigenvalue weighted by Gasteiger charge is 2.29. The van der Waals surface area contributed by atoms with Crippen molar-refractivity contribution < 1.29 is 9.13 Å². The van der Waals surface area contributed by atoms with Crippen molar-refractivity contribution in [1.29, 1.82) is 0 Å². The smallest absolute Gasteiger partial charge is 0.247 e. The van der Waals surface area contributed by atoms with Gasteiger partial charge in [0.1, 0.15) is 5.82 Å². The fourth-order valence-corrected chi connectivity index (χ4v) is 4.68. The highest BCUT2D eigenvalue weighted by atomic mass is 35.5. The van der Waals surface area contributed by atoms with Crippen molar-refractivity contribution in [2.75, 3.05) is 5.32 Å². The second kappa shape index (κ2) is 8.94. The monoisotopic (exact) mass is 484 g/mol. The molecule has 2 heterocycles. The number of nitrogens with one attached hydrogen (secondary N) is 1. The molecule has 1 aliphatic rings. The topological polar surface area (TPSA) is 59.9 Å². The third kappa shape index (κ3) is 4.11. The van der Waals surface area contributed by atoms with E-state index in [0.717, 1.165) is 11.1 Å². The summed E-state index contributed by atoms with van der Waals surface area (Å²) in [7, 11) is 0. The largest absolute Gasteiger partial charge is 0.448 e. The van der Waals surface area contributed by atoms with E-state index in [1.165, 1.54) is 17.8 Å². The summed E-state index contributed by atoms with van der Waals surface area (Å²) in [6.07, 6.45) is -0.899. The van der Waals surface area contributed by atoms with Crippen molar-refractivity contribution in [3.63, 3.8) is 0 Å².